The quantitative estimate of drug-likeness (QED) is 0.882. The molecule has 0 radical (unpaired) electrons. The number of ether oxygens (including phenoxy) is 1. The third-order valence-electron chi connectivity index (χ3n) is 6.35. The molecule has 1 aliphatic carbocycles. The third-order valence-corrected chi connectivity index (χ3v) is 6.35. The molecule has 0 unspecified atom stereocenters. The fraction of sp³-hybridized carbons (Fsp3) is 0.458. The Bertz CT molecular complexity index is 823. The molecule has 0 bridgehead atoms. The summed E-state index contributed by atoms with van der Waals surface area (Å²) in [5.41, 5.74) is 3.39. The van der Waals surface area contributed by atoms with E-state index in [-0.39, 0.29) is 11.5 Å². The van der Waals surface area contributed by atoms with Crippen LogP contribution in [0.1, 0.15) is 42.4 Å². The zero-order chi connectivity index (χ0) is 19.6. The Hall–Kier alpha value is -2.33. The van der Waals surface area contributed by atoms with Crippen molar-refractivity contribution in [2.75, 3.05) is 13.6 Å². The van der Waals surface area contributed by atoms with Crippen molar-refractivity contribution in [2.45, 2.75) is 57.2 Å². The Morgan fingerprint density at radius 1 is 1.14 bits per heavy atom. The molecule has 0 saturated heterocycles. The predicted molar refractivity (Wildman–Crippen MR) is 111 cm³/mol. The molecule has 1 amide bonds. The number of para-hydroxylation sites is 1. The van der Waals surface area contributed by atoms with E-state index in [0.717, 1.165) is 50.1 Å². The maximum atomic E-state index is 12.8. The summed E-state index contributed by atoms with van der Waals surface area (Å²) in [6, 6.07) is 16.9. The molecule has 0 atom stereocenters. The van der Waals surface area contributed by atoms with Crippen molar-refractivity contribution in [1.29, 1.82) is 0 Å². The molecule has 2 aliphatic rings. The minimum atomic E-state index is -0.149. The second-order valence-electron chi connectivity index (χ2n) is 8.39. The number of carbonyl (C=O) groups excluding carboxylic acids is 1. The van der Waals surface area contributed by atoms with Gasteiger partial charge in [-0.05, 0) is 44.2 Å². The molecule has 2 aromatic rings. The molecule has 1 N–H and O–H groups in total. The van der Waals surface area contributed by atoms with Gasteiger partial charge in [-0.15, -0.1) is 0 Å². The zero-order valence-electron chi connectivity index (χ0n) is 16.9. The van der Waals surface area contributed by atoms with Crippen LogP contribution >= 0.6 is 0 Å². The number of rotatable bonds is 3. The van der Waals surface area contributed by atoms with Crippen LogP contribution in [0.15, 0.2) is 48.5 Å². The Morgan fingerprint density at radius 3 is 2.61 bits per heavy atom. The van der Waals surface area contributed by atoms with Crippen LogP contribution in [0.2, 0.25) is 0 Å². The summed E-state index contributed by atoms with van der Waals surface area (Å²) in [5, 5.41) is 3.56. The molecule has 4 heteroatoms. The highest BCUT2D eigenvalue weighted by molar-refractivity contribution is 5.78. The summed E-state index contributed by atoms with van der Waals surface area (Å²) in [7, 11) is 1.96. The van der Waals surface area contributed by atoms with Crippen LogP contribution in [0.4, 0.5) is 0 Å². The first kappa shape index (κ1) is 19.0. The van der Waals surface area contributed by atoms with Crippen molar-refractivity contribution in [3.05, 3.63) is 65.2 Å². The normalized spacial score (nSPS) is 24.1. The minimum Gasteiger partial charge on any atom is -0.486 e. The average Bonchev–Trinajstić information content (AvgIpc) is 2.88. The summed E-state index contributed by atoms with van der Waals surface area (Å²) in [6.07, 6.45) is 4.39. The monoisotopic (exact) mass is 378 g/mol. The van der Waals surface area contributed by atoms with Crippen LogP contribution < -0.4 is 10.1 Å². The van der Waals surface area contributed by atoms with Gasteiger partial charge >= 0.3 is 0 Å². The van der Waals surface area contributed by atoms with Gasteiger partial charge in [-0.2, -0.15) is 0 Å². The maximum Gasteiger partial charge on any atom is 0.226 e. The number of carbonyl (C=O) groups is 1. The number of likely N-dealkylation sites (N-methyl/N-ethyl adjacent to an activating group) is 1. The van der Waals surface area contributed by atoms with E-state index in [0.29, 0.717) is 12.5 Å². The van der Waals surface area contributed by atoms with Crippen molar-refractivity contribution < 1.29 is 9.53 Å². The van der Waals surface area contributed by atoms with E-state index < -0.39 is 0 Å². The van der Waals surface area contributed by atoms with Gasteiger partial charge in [0.05, 0.1) is 6.42 Å². The number of hydrogen-bond donors (Lipinski definition) is 1. The summed E-state index contributed by atoms with van der Waals surface area (Å²) >= 11 is 0. The van der Waals surface area contributed by atoms with Gasteiger partial charge in [-0.3, -0.25) is 4.79 Å². The van der Waals surface area contributed by atoms with Gasteiger partial charge in [0.15, 0.2) is 0 Å². The number of nitrogens with one attached hydrogen (secondary N) is 1. The molecule has 1 fully saturated rings. The van der Waals surface area contributed by atoms with Crippen LogP contribution in [0.25, 0.3) is 0 Å². The molecule has 1 saturated carbocycles. The Balaban J connectivity index is 1.37. The lowest BCUT2D eigenvalue weighted by Crippen LogP contribution is -2.51. The fourth-order valence-corrected chi connectivity index (χ4v) is 4.45. The maximum absolute atomic E-state index is 12.8. The number of fused-ring (bicyclic) bond motifs is 1. The Labute approximate surface area is 167 Å². The molecule has 148 valence electrons. The van der Waals surface area contributed by atoms with E-state index in [4.69, 9.17) is 4.74 Å². The number of aryl methyl sites for hydroxylation is 1. The van der Waals surface area contributed by atoms with Crippen LogP contribution in [0.5, 0.6) is 5.75 Å². The summed E-state index contributed by atoms with van der Waals surface area (Å²) in [6.45, 7) is 3.80. The van der Waals surface area contributed by atoms with Crippen molar-refractivity contribution in [2.24, 2.45) is 0 Å². The standard InChI is InChI=1S/C24H30N2O2/c1-18-7-9-19(10-8-18)15-23(27)26(2)21-11-13-24(14-12-21)17-25-16-20-5-3-4-6-22(20)28-24/h3-10,21,25H,11-17H2,1-2H3. The largest absolute Gasteiger partial charge is 0.486 e. The number of benzene rings is 2. The van der Waals surface area contributed by atoms with Gasteiger partial charge in [-0.1, -0.05) is 48.0 Å². The van der Waals surface area contributed by atoms with Crippen LogP contribution in [-0.4, -0.2) is 36.0 Å². The molecule has 28 heavy (non-hydrogen) atoms. The van der Waals surface area contributed by atoms with Gasteiger partial charge in [-0.25, -0.2) is 0 Å². The molecular formula is C24H30N2O2. The lowest BCUT2D eigenvalue weighted by atomic mass is 9.81. The van der Waals surface area contributed by atoms with E-state index in [2.05, 4.69) is 54.7 Å². The molecule has 2 aromatic carbocycles. The second kappa shape index (κ2) is 7.96. The van der Waals surface area contributed by atoms with Gasteiger partial charge in [0, 0.05) is 31.7 Å². The topological polar surface area (TPSA) is 41.6 Å². The van der Waals surface area contributed by atoms with E-state index >= 15 is 0 Å². The SMILES string of the molecule is Cc1ccc(CC(=O)N(C)C2CCC3(CC2)CNCc2ccccc2O3)cc1. The van der Waals surface area contributed by atoms with Crippen LogP contribution in [-0.2, 0) is 17.8 Å². The number of hydrogen-bond acceptors (Lipinski definition) is 3. The Kier molecular flexibility index (Phi) is 5.40. The highest BCUT2D eigenvalue weighted by Gasteiger charge is 2.40. The zero-order valence-corrected chi connectivity index (χ0v) is 16.9. The highest BCUT2D eigenvalue weighted by atomic mass is 16.5. The summed E-state index contributed by atoms with van der Waals surface area (Å²) in [5.74, 6) is 1.21. The van der Waals surface area contributed by atoms with Crippen molar-refractivity contribution >= 4 is 5.91 Å². The smallest absolute Gasteiger partial charge is 0.226 e. The fourth-order valence-electron chi connectivity index (χ4n) is 4.45. The molecule has 1 aliphatic heterocycles. The van der Waals surface area contributed by atoms with Crippen LogP contribution in [0, 0.1) is 6.92 Å². The second-order valence-corrected chi connectivity index (χ2v) is 8.39. The molecule has 0 aromatic heterocycles. The summed E-state index contributed by atoms with van der Waals surface area (Å²) < 4.78 is 6.51. The van der Waals surface area contributed by atoms with Crippen LogP contribution in [0.3, 0.4) is 0 Å². The minimum absolute atomic E-state index is 0.149. The Morgan fingerprint density at radius 2 is 1.86 bits per heavy atom. The molecule has 1 spiro atoms. The van der Waals surface area contributed by atoms with Gasteiger partial charge in [0.25, 0.3) is 0 Å². The lowest BCUT2D eigenvalue weighted by molar-refractivity contribution is -0.132. The van der Waals surface area contributed by atoms with Gasteiger partial charge in [0.1, 0.15) is 11.4 Å². The molecule has 4 rings (SSSR count). The first-order chi connectivity index (χ1) is 13.5. The third kappa shape index (κ3) is 4.07. The molecule has 1 heterocycles. The van der Waals surface area contributed by atoms with Crippen molar-refractivity contribution in [3.8, 4) is 5.75 Å². The van der Waals surface area contributed by atoms with E-state index in [9.17, 15) is 4.79 Å². The van der Waals surface area contributed by atoms with Crippen molar-refractivity contribution in [1.82, 2.24) is 10.2 Å². The average molecular weight is 379 g/mol. The van der Waals surface area contributed by atoms with Gasteiger partial charge < -0.3 is 15.0 Å². The summed E-state index contributed by atoms with van der Waals surface area (Å²) in [4.78, 5) is 14.7. The first-order valence-corrected chi connectivity index (χ1v) is 10.3. The predicted octanol–water partition coefficient (Wildman–Crippen LogP) is 3.86. The lowest BCUT2D eigenvalue weighted by Gasteiger charge is -2.42. The first-order valence-electron chi connectivity index (χ1n) is 10.3. The van der Waals surface area contributed by atoms with E-state index in [1.54, 1.807) is 0 Å². The van der Waals surface area contributed by atoms with E-state index in [1.165, 1.54) is 11.1 Å². The molecule has 4 nitrogen and oxygen atoms in total. The van der Waals surface area contributed by atoms with Crippen molar-refractivity contribution in [3.63, 3.8) is 0 Å². The highest BCUT2D eigenvalue weighted by Crippen LogP contribution is 2.37. The number of amides is 1. The number of nitrogens with zero attached hydrogens (tertiary/aromatic N) is 1. The van der Waals surface area contributed by atoms with Gasteiger partial charge in [0.2, 0.25) is 5.91 Å². The van der Waals surface area contributed by atoms with E-state index in [1.807, 2.05) is 18.0 Å². The molecular weight excluding hydrogens is 348 g/mol.